The summed E-state index contributed by atoms with van der Waals surface area (Å²) in [5.41, 5.74) is 5.94. The molecule has 0 amide bonds. The van der Waals surface area contributed by atoms with Crippen LogP contribution in [0.2, 0.25) is 0 Å². The summed E-state index contributed by atoms with van der Waals surface area (Å²) in [6.45, 7) is 0.571. The number of halogens is 2. The van der Waals surface area contributed by atoms with Crippen molar-refractivity contribution in [2.45, 2.75) is 12.8 Å². The number of hydrogen-bond acceptors (Lipinski definition) is 4. The zero-order valence-corrected chi connectivity index (χ0v) is 10.6. The van der Waals surface area contributed by atoms with Gasteiger partial charge in [0, 0.05) is 10.9 Å². The fraction of sp³-hybridized carbons (Fsp3) is 0.273. The molecule has 0 unspecified atom stereocenters. The van der Waals surface area contributed by atoms with Crippen LogP contribution in [0.1, 0.15) is 12.3 Å². The summed E-state index contributed by atoms with van der Waals surface area (Å²) >= 11 is 3.31. The molecule has 0 saturated carbocycles. The van der Waals surface area contributed by atoms with Gasteiger partial charge in [0.2, 0.25) is 11.8 Å². The van der Waals surface area contributed by atoms with Crippen LogP contribution in [0, 0.1) is 5.82 Å². The van der Waals surface area contributed by atoms with E-state index in [0.29, 0.717) is 34.8 Å². The molecule has 4 nitrogen and oxygen atoms in total. The molecule has 0 aliphatic rings. The van der Waals surface area contributed by atoms with Crippen LogP contribution in [0.4, 0.5) is 4.39 Å². The van der Waals surface area contributed by atoms with Crippen LogP contribution in [-0.2, 0) is 6.42 Å². The van der Waals surface area contributed by atoms with Gasteiger partial charge in [-0.1, -0.05) is 0 Å². The molecule has 2 rings (SSSR count). The van der Waals surface area contributed by atoms with E-state index in [9.17, 15) is 4.39 Å². The van der Waals surface area contributed by atoms with E-state index in [4.69, 9.17) is 10.2 Å². The van der Waals surface area contributed by atoms with Crippen LogP contribution < -0.4 is 5.73 Å². The Morgan fingerprint density at radius 2 is 2.18 bits per heavy atom. The van der Waals surface area contributed by atoms with Crippen molar-refractivity contribution in [1.29, 1.82) is 0 Å². The highest BCUT2D eigenvalue weighted by Gasteiger charge is 2.12. The van der Waals surface area contributed by atoms with Crippen LogP contribution in [-0.4, -0.2) is 16.7 Å². The molecule has 0 aliphatic heterocycles. The maximum atomic E-state index is 13.1. The second-order valence-electron chi connectivity index (χ2n) is 3.52. The lowest BCUT2D eigenvalue weighted by Gasteiger charge is -1.98. The summed E-state index contributed by atoms with van der Waals surface area (Å²) in [6, 6.07) is 4.32. The van der Waals surface area contributed by atoms with E-state index in [1.165, 1.54) is 12.1 Å². The van der Waals surface area contributed by atoms with Crippen molar-refractivity contribution in [3.8, 4) is 11.5 Å². The minimum atomic E-state index is -0.343. The summed E-state index contributed by atoms with van der Waals surface area (Å²) < 4.78 is 19.3. The van der Waals surface area contributed by atoms with Gasteiger partial charge in [0.05, 0.1) is 5.56 Å². The molecule has 0 atom stereocenters. The second-order valence-corrected chi connectivity index (χ2v) is 4.37. The van der Waals surface area contributed by atoms with Crippen LogP contribution in [0.15, 0.2) is 27.1 Å². The molecule has 0 spiro atoms. The van der Waals surface area contributed by atoms with Gasteiger partial charge in [-0.25, -0.2) is 4.39 Å². The minimum Gasteiger partial charge on any atom is -0.421 e. The molecule has 0 bridgehead atoms. The summed E-state index contributed by atoms with van der Waals surface area (Å²) in [7, 11) is 0. The number of rotatable bonds is 4. The zero-order valence-electron chi connectivity index (χ0n) is 8.99. The van der Waals surface area contributed by atoms with Crippen LogP contribution in [0.5, 0.6) is 0 Å². The van der Waals surface area contributed by atoms with Crippen molar-refractivity contribution in [3.05, 3.63) is 34.4 Å². The van der Waals surface area contributed by atoms with Gasteiger partial charge < -0.3 is 10.2 Å². The average molecular weight is 300 g/mol. The highest BCUT2D eigenvalue weighted by molar-refractivity contribution is 9.10. The van der Waals surface area contributed by atoms with Gasteiger partial charge in [0.15, 0.2) is 0 Å². The highest BCUT2D eigenvalue weighted by Crippen LogP contribution is 2.27. The Hall–Kier alpha value is -1.27. The Kier molecular flexibility index (Phi) is 3.86. The summed E-state index contributed by atoms with van der Waals surface area (Å²) in [4.78, 5) is 0. The van der Waals surface area contributed by atoms with Crippen molar-refractivity contribution in [2.24, 2.45) is 5.73 Å². The number of nitrogens with zero attached hydrogens (tertiary/aromatic N) is 2. The smallest absolute Gasteiger partial charge is 0.248 e. The van der Waals surface area contributed by atoms with Gasteiger partial charge in [-0.15, -0.1) is 10.2 Å². The van der Waals surface area contributed by atoms with Crippen LogP contribution in [0.3, 0.4) is 0 Å². The molecule has 1 heterocycles. The monoisotopic (exact) mass is 299 g/mol. The minimum absolute atomic E-state index is 0.309. The lowest BCUT2D eigenvalue weighted by molar-refractivity contribution is 0.498. The normalized spacial score (nSPS) is 10.8. The first-order valence-electron chi connectivity index (χ1n) is 5.18. The van der Waals surface area contributed by atoms with E-state index in [1.54, 1.807) is 6.07 Å². The fourth-order valence-corrected chi connectivity index (χ4v) is 1.79. The molecule has 90 valence electrons. The van der Waals surface area contributed by atoms with E-state index < -0.39 is 0 Å². The molecule has 0 radical (unpaired) electrons. The lowest BCUT2D eigenvalue weighted by atomic mass is 10.2. The van der Waals surface area contributed by atoms with Gasteiger partial charge in [-0.05, 0) is 47.1 Å². The van der Waals surface area contributed by atoms with Gasteiger partial charge in [-0.3, -0.25) is 0 Å². The first-order valence-corrected chi connectivity index (χ1v) is 5.98. The fourth-order valence-electron chi connectivity index (χ4n) is 1.38. The number of nitrogens with two attached hydrogens (primary N) is 1. The molecule has 2 N–H and O–H groups in total. The standard InChI is InChI=1S/C11H11BrFN3O/c12-9-4-3-7(13)6-8(9)11-16-15-10(17-11)2-1-5-14/h3-4,6H,1-2,5,14H2. The van der Waals surface area contributed by atoms with Gasteiger partial charge >= 0.3 is 0 Å². The first kappa shape index (κ1) is 12.2. The van der Waals surface area contributed by atoms with Crippen LogP contribution in [0.25, 0.3) is 11.5 Å². The maximum absolute atomic E-state index is 13.1. The van der Waals surface area contributed by atoms with Crippen molar-refractivity contribution >= 4 is 15.9 Å². The average Bonchev–Trinajstić information content (AvgIpc) is 2.78. The SMILES string of the molecule is NCCCc1nnc(-c2cc(F)ccc2Br)o1. The molecule has 0 aliphatic carbocycles. The topological polar surface area (TPSA) is 64.9 Å². The van der Waals surface area contributed by atoms with E-state index in [-0.39, 0.29) is 5.82 Å². The molecular formula is C11H11BrFN3O. The Morgan fingerprint density at radius 1 is 1.35 bits per heavy atom. The Morgan fingerprint density at radius 3 is 2.94 bits per heavy atom. The summed E-state index contributed by atoms with van der Waals surface area (Å²) in [5.74, 6) is 0.481. The molecule has 17 heavy (non-hydrogen) atoms. The van der Waals surface area contributed by atoms with E-state index in [1.807, 2.05) is 0 Å². The van der Waals surface area contributed by atoms with Gasteiger partial charge in [-0.2, -0.15) is 0 Å². The largest absolute Gasteiger partial charge is 0.421 e. The second kappa shape index (κ2) is 5.37. The third kappa shape index (κ3) is 2.89. The molecule has 0 fully saturated rings. The van der Waals surface area contributed by atoms with Crippen LogP contribution >= 0.6 is 15.9 Å². The Bertz CT molecular complexity index is 515. The van der Waals surface area contributed by atoms with E-state index in [2.05, 4.69) is 26.1 Å². The predicted molar refractivity (Wildman–Crippen MR) is 64.8 cm³/mol. The van der Waals surface area contributed by atoms with E-state index in [0.717, 1.165) is 6.42 Å². The summed E-state index contributed by atoms with van der Waals surface area (Å²) in [6.07, 6.45) is 1.42. The molecule has 6 heteroatoms. The molecule has 0 saturated heterocycles. The van der Waals surface area contributed by atoms with E-state index >= 15 is 0 Å². The maximum Gasteiger partial charge on any atom is 0.248 e. The number of aryl methyl sites for hydroxylation is 1. The number of benzene rings is 1. The molecule has 1 aromatic heterocycles. The number of aromatic nitrogens is 2. The third-order valence-electron chi connectivity index (χ3n) is 2.22. The summed E-state index contributed by atoms with van der Waals surface area (Å²) in [5, 5.41) is 7.77. The van der Waals surface area contributed by atoms with Crippen molar-refractivity contribution in [2.75, 3.05) is 6.54 Å². The predicted octanol–water partition coefficient (Wildman–Crippen LogP) is 2.53. The zero-order chi connectivity index (χ0) is 12.3. The molecule has 2 aromatic rings. The van der Waals surface area contributed by atoms with Crippen molar-refractivity contribution in [3.63, 3.8) is 0 Å². The van der Waals surface area contributed by atoms with Crippen molar-refractivity contribution < 1.29 is 8.81 Å². The van der Waals surface area contributed by atoms with Gasteiger partial charge in [0.1, 0.15) is 5.82 Å². The Labute approximate surface area is 106 Å². The highest BCUT2D eigenvalue weighted by atomic mass is 79.9. The molecule has 1 aromatic carbocycles. The Balaban J connectivity index is 2.27. The first-order chi connectivity index (χ1) is 8.20. The quantitative estimate of drug-likeness (QED) is 0.942. The number of hydrogen-bond donors (Lipinski definition) is 1. The lowest BCUT2D eigenvalue weighted by Crippen LogP contribution is -2.00. The molecular weight excluding hydrogens is 289 g/mol. The third-order valence-corrected chi connectivity index (χ3v) is 2.91. The van der Waals surface area contributed by atoms with Gasteiger partial charge in [0.25, 0.3) is 0 Å². The van der Waals surface area contributed by atoms with Crippen molar-refractivity contribution in [1.82, 2.24) is 10.2 Å².